The summed E-state index contributed by atoms with van der Waals surface area (Å²) in [6.07, 6.45) is 3.89. The molecule has 0 fully saturated rings. The van der Waals surface area contributed by atoms with Gasteiger partial charge < -0.3 is 20.9 Å². The Kier molecular flexibility index (Phi) is 4.57. The average molecular weight is 329 g/mol. The van der Waals surface area contributed by atoms with Gasteiger partial charge in [-0.15, -0.1) is 0 Å². The molecule has 1 aromatic heterocycles. The SMILES string of the molecule is N=Cc1cc(Oc2c(F)cc3[nH]ccc3c2CCCN)ccc1F. The molecular weight excluding hydrogens is 312 g/mol. The zero-order valence-electron chi connectivity index (χ0n) is 12.9. The van der Waals surface area contributed by atoms with E-state index in [-0.39, 0.29) is 17.1 Å². The van der Waals surface area contributed by atoms with Crippen molar-refractivity contribution in [3.63, 3.8) is 0 Å². The lowest BCUT2D eigenvalue weighted by molar-refractivity contribution is 0.436. The highest BCUT2D eigenvalue weighted by Crippen LogP contribution is 2.35. The molecule has 0 aliphatic carbocycles. The Balaban J connectivity index is 2.07. The number of nitrogens with two attached hydrogens (primary N) is 1. The summed E-state index contributed by atoms with van der Waals surface area (Å²) >= 11 is 0. The number of benzene rings is 2. The molecule has 1 heterocycles. The van der Waals surface area contributed by atoms with Gasteiger partial charge in [-0.1, -0.05) is 0 Å². The van der Waals surface area contributed by atoms with Gasteiger partial charge in [0, 0.05) is 40.5 Å². The van der Waals surface area contributed by atoms with Crippen LogP contribution in [-0.2, 0) is 6.42 Å². The summed E-state index contributed by atoms with van der Waals surface area (Å²) in [7, 11) is 0. The van der Waals surface area contributed by atoms with Crippen LogP contribution in [0, 0.1) is 17.0 Å². The van der Waals surface area contributed by atoms with E-state index in [0.29, 0.717) is 24.9 Å². The smallest absolute Gasteiger partial charge is 0.168 e. The zero-order valence-corrected chi connectivity index (χ0v) is 12.9. The van der Waals surface area contributed by atoms with Crippen LogP contribution in [0.15, 0.2) is 36.5 Å². The van der Waals surface area contributed by atoms with Gasteiger partial charge in [-0.05, 0) is 43.7 Å². The summed E-state index contributed by atoms with van der Waals surface area (Å²) < 4.78 is 33.8. The van der Waals surface area contributed by atoms with Gasteiger partial charge in [-0.2, -0.15) is 0 Å². The summed E-state index contributed by atoms with van der Waals surface area (Å²) in [6, 6.07) is 7.21. The second-order valence-electron chi connectivity index (χ2n) is 5.43. The summed E-state index contributed by atoms with van der Waals surface area (Å²) in [4.78, 5) is 2.99. The average Bonchev–Trinajstić information content (AvgIpc) is 3.04. The number of ether oxygens (including phenoxy) is 1. The van der Waals surface area contributed by atoms with Crippen molar-refractivity contribution < 1.29 is 13.5 Å². The van der Waals surface area contributed by atoms with E-state index < -0.39 is 11.6 Å². The molecule has 0 unspecified atom stereocenters. The fourth-order valence-electron chi connectivity index (χ4n) is 2.67. The minimum Gasteiger partial charge on any atom is -0.454 e. The number of nitrogens with one attached hydrogen (secondary N) is 2. The Morgan fingerprint density at radius 2 is 2.00 bits per heavy atom. The summed E-state index contributed by atoms with van der Waals surface area (Å²) in [5.41, 5.74) is 7.07. The predicted octanol–water partition coefficient (Wildman–Crippen LogP) is 4.13. The van der Waals surface area contributed by atoms with Crippen LogP contribution in [-0.4, -0.2) is 17.7 Å². The predicted molar refractivity (Wildman–Crippen MR) is 90.0 cm³/mol. The molecule has 0 atom stereocenters. The molecule has 0 saturated heterocycles. The van der Waals surface area contributed by atoms with Crippen molar-refractivity contribution in [3.8, 4) is 11.5 Å². The minimum absolute atomic E-state index is 0.0825. The molecule has 0 aliphatic heterocycles. The number of hydrogen-bond acceptors (Lipinski definition) is 3. The second-order valence-corrected chi connectivity index (χ2v) is 5.43. The number of aryl methyl sites for hydroxylation is 1. The van der Waals surface area contributed by atoms with Gasteiger partial charge in [0.2, 0.25) is 0 Å². The summed E-state index contributed by atoms with van der Waals surface area (Å²) in [5, 5.41) is 8.08. The van der Waals surface area contributed by atoms with Gasteiger partial charge >= 0.3 is 0 Å². The highest BCUT2D eigenvalue weighted by Gasteiger charge is 2.17. The molecule has 3 aromatic rings. The standard InChI is InChI=1S/C18H17F2N3O/c19-15-4-3-12(8-11(15)10-22)24-18-14(2-1-6-21)13-5-7-23-17(13)9-16(18)20/h3-5,7-10,22-23H,1-2,6,21H2. The second kappa shape index (κ2) is 6.80. The Labute approximate surface area is 137 Å². The Morgan fingerprint density at radius 3 is 2.75 bits per heavy atom. The molecule has 4 N–H and O–H groups in total. The van der Waals surface area contributed by atoms with E-state index in [1.165, 1.54) is 24.3 Å². The Morgan fingerprint density at radius 1 is 1.17 bits per heavy atom. The van der Waals surface area contributed by atoms with E-state index in [9.17, 15) is 8.78 Å². The van der Waals surface area contributed by atoms with Gasteiger partial charge in [0.15, 0.2) is 11.6 Å². The molecule has 0 spiro atoms. The quantitative estimate of drug-likeness (QED) is 0.595. The minimum atomic E-state index is -0.526. The largest absolute Gasteiger partial charge is 0.454 e. The van der Waals surface area contributed by atoms with Gasteiger partial charge in [-0.3, -0.25) is 0 Å². The number of H-pyrrole nitrogens is 1. The summed E-state index contributed by atoms with van der Waals surface area (Å²) in [5.74, 6) is -0.643. The van der Waals surface area contributed by atoms with E-state index in [1.807, 2.05) is 6.07 Å². The van der Waals surface area contributed by atoms with Gasteiger partial charge in [0.05, 0.1) is 0 Å². The Hall–Kier alpha value is -2.73. The molecule has 3 rings (SSSR count). The lowest BCUT2D eigenvalue weighted by Gasteiger charge is -2.14. The van der Waals surface area contributed by atoms with Crippen molar-refractivity contribution in [2.75, 3.05) is 6.54 Å². The van der Waals surface area contributed by atoms with Crippen LogP contribution in [0.4, 0.5) is 8.78 Å². The third-order valence-electron chi connectivity index (χ3n) is 3.84. The number of aromatic amines is 1. The van der Waals surface area contributed by atoms with Crippen molar-refractivity contribution in [1.82, 2.24) is 4.98 Å². The van der Waals surface area contributed by atoms with Crippen molar-refractivity contribution in [2.45, 2.75) is 12.8 Å². The number of rotatable bonds is 6. The molecule has 2 aromatic carbocycles. The van der Waals surface area contributed by atoms with Crippen LogP contribution in [0.25, 0.3) is 10.9 Å². The number of aromatic nitrogens is 1. The maximum Gasteiger partial charge on any atom is 0.168 e. The number of fused-ring (bicyclic) bond motifs is 1. The molecule has 24 heavy (non-hydrogen) atoms. The first-order chi connectivity index (χ1) is 11.6. The van der Waals surface area contributed by atoms with E-state index in [4.69, 9.17) is 15.9 Å². The fraction of sp³-hybridized carbons (Fsp3) is 0.167. The molecule has 124 valence electrons. The molecule has 0 radical (unpaired) electrons. The van der Waals surface area contributed by atoms with Crippen LogP contribution in [0.5, 0.6) is 11.5 Å². The summed E-state index contributed by atoms with van der Waals surface area (Å²) in [6.45, 7) is 0.483. The Bertz CT molecular complexity index is 889. The van der Waals surface area contributed by atoms with E-state index in [0.717, 1.165) is 17.2 Å². The fourth-order valence-corrected chi connectivity index (χ4v) is 2.67. The third kappa shape index (κ3) is 3.00. The molecule has 0 amide bonds. The maximum absolute atomic E-state index is 14.5. The van der Waals surface area contributed by atoms with E-state index in [1.54, 1.807) is 6.20 Å². The molecule has 0 saturated carbocycles. The highest BCUT2D eigenvalue weighted by atomic mass is 19.1. The highest BCUT2D eigenvalue weighted by molar-refractivity contribution is 5.85. The van der Waals surface area contributed by atoms with Crippen LogP contribution in [0.1, 0.15) is 17.5 Å². The van der Waals surface area contributed by atoms with Crippen LogP contribution in [0.3, 0.4) is 0 Å². The normalized spacial score (nSPS) is 11.0. The lowest BCUT2D eigenvalue weighted by Crippen LogP contribution is -2.03. The molecular formula is C18H17F2N3O. The maximum atomic E-state index is 14.5. The molecule has 0 aliphatic rings. The van der Waals surface area contributed by atoms with Crippen molar-refractivity contribution in [3.05, 3.63) is 59.3 Å². The van der Waals surface area contributed by atoms with E-state index >= 15 is 0 Å². The van der Waals surface area contributed by atoms with E-state index in [2.05, 4.69) is 4.98 Å². The van der Waals surface area contributed by atoms with Crippen LogP contribution >= 0.6 is 0 Å². The molecule has 6 heteroatoms. The number of halogens is 2. The van der Waals surface area contributed by atoms with Crippen LogP contribution < -0.4 is 10.5 Å². The van der Waals surface area contributed by atoms with Crippen molar-refractivity contribution in [2.24, 2.45) is 5.73 Å². The first-order valence-electron chi connectivity index (χ1n) is 7.60. The van der Waals surface area contributed by atoms with Gasteiger partial charge in [0.25, 0.3) is 0 Å². The van der Waals surface area contributed by atoms with Crippen molar-refractivity contribution >= 4 is 17.1 Å². The zero-order chi connectivity index (χ0) is 17.1. The molecule has 0 bridgehead atoms. The molecule has 4 nitrogen and oxygen atoms in total. The first-order valence-corrected chi connectivity index (χ1v) is 7.60. The third-order valence-corrected chi connectivity index (χ3v) is 3.84. The van der Waals surface area contributed by atoms with Gasteiger partial charge in [-0.25, -0.2) is 8.78 Å². The lowest BCUT2D eigenvalue weighted by atomic mass is 10.0. The monoisotopic (exact) mass is 329 g/mol. The topological polar surface area (TPSA) is 74.9 Å². The number of hydrogen-bond donors (Lipinski definition) is 3. The first kappa shape index (κ1) is 16.1. The van der Waals surface area contributed by atoms with Gasteiger partial charge in [0.1, 0.15) is 11.6 Å². The van der Waals surface area contributed by atoms with Crippen LogP contribution in [0.2, 0.25) is 0 Å². The van der Waals surface area contributed by atoms with Crippen molar-refractivity contribution in [1.29, 1.82) is 5.41 Å².